The highest BCUT2D eigenvalue weighted by atomic mass is 19.1. The lowest BCUT2D eigenvalue weighted by atomic mass is 9.89. The number of likely N-dealkylation sites (tertiary alicyclic amines) is 1. The van der Waals surface area contributed by atoms with Crippen LogP contribution < -0.4 is 10.1 Å². The molecule has 2 aliphatic rings. The van der Waals surface area contributed by atoms with Gasteiger partial charge in [-0.3, -0.25) is 4.90 Å². The lowest BCUT2D eigenvalue weighted by molar-refractivity contribution is 0.144. The summed E-state index contributed by atoms with van der Waals surface area (Å²) in [7, 11) is 1.57. The van der Waals surface area contributed by atoms with E-state index in [2.05, 4.69) is 10.2 Å². The van der Waals surface area contributed by atoms with Crippen LogP contribution in [-0.2, 0) is 6.54 Å². The fraction of sp³-hybridized carbons (Fsp3) is 0.647. The summed E-state index contributed by atoms with van der Waals surface area (Å²) in [6.07, 6.45) is 5.13. The van der Waals surface area contributed by atoms with Crippen molar-refractivity contribution in [3.05, 3.63) is 29.6 Å². The van der Waals surface area contributed by atoms with Gasteiger partial charge >= 0.3 is 0 Å². The molecule has 0 bridgehead atoms. The molecule has 2 heterocycles. The van der Waals surface area contributed by atoms with E-state index >= 15 is 0 Å². The van der Waals surface area contributed by atoms with Crippen molar-refractivity contribution in [2.24, 2.45) is 5.92 Å². The summed E-state index contributed by atoms with van der Waals surface area (Å²) in [5.41, 5.74) is 0.774. The fourth-order valence-electron chi connectivity index (χ4n) is 3.70. The Balaban J connectivity index is 1.61. The van der Waals surface area contributed by atoms with Crippen LogP contribution in [0.25, 0.3) is 0 Å². The summed E-state index contributed by atoms with van der Waals surface area (Å²) in [5, 5.41) is 3.62. The molecule has 2 saturated heterocycles. The molecule has 2 aliphatic heterocycles. The Hall–Kier alpha value is -1.13. The van der Waals surface area contributed by atoms with Crippen molar-refractivity contribution in [3.8, 4) is 5.75 Å². The molecule has 0 saturated carbocycles. The minimum absolute atomic E-state index is 0.157. The lowest BCUT2D eigenvalue weighted by Crippen LogP contribution is -2.43. The zero-order valence-corrected chi connectivity index (χ0v) is 12.8. The molecule has 116 valence electrons. The molecule has 2 atom stereocenters. The predicted molar refractivity (Wildman–Crippen MR) is 82.0 cm³/mol. The van der Waals surface area contributed by atoms with E-state index in [1.165, 1.54) is 31.7 Å². The number of benzene rings is 1. The van der Waals surface area contributed by atoms with Gasteiger partial charge < -0.3 is 10.1 Å². The van der Waals surface area contributed by atoms with Gasteiger partial charge in [0.25, 0.3) is 0 Å². The summed E-state index contributed by atoms with van der Waals surface area (Å²) in [6, 6.07) is 5.85. The molecular weight excluding hydrogens is 267 g/mol. The smallest absolute Gasteiger partial charge is 0.131 e. The Kier molecular flexibility index (Phi) is 4.76. The summed E-state index contributed by atoms with van der Waals surface area (Å²) in [4.78, 5) is 2.40. The van der Waals surface area contributed by atoms with E-state index in [1.54, 1.807) is 7.11 Å². The van der Waals surface area contributed by atoms with Gasteiger partial charge in [0.2, 0.25) is 0 Å². The third-order valence-corrected chi connectivity index (χ3v) is 4.86. The van der Waals surface area contributed by atoms with Crippen LogP contribution in [0.4, 0.5) is 4.39 Å². The van der Waals surface area contributed by atoms with Crippen molar-refractivity contribution in [1.29, 1.82) is 0 Å². The molecule has 1 aromatic carbocycles. The number of rotatable bonds is 4. The fourth-order valence-corrected chi connectivity index (χ4v) is 3.70. The molecule has 0 radical (unpaired) electrons. The van der Waals surface area contributed by atoms with E-state index in [0.717, 1.165) is 31.1 Å². The molecule has 21 heavy (non-hydrogen) atoms. The van der Waals surface area contributed by atoms with Crippen molar-refractivity contribution in [2.45, 2.75) is 38.3 Å². The van der Waals surface area contributed by atoms with Gasteiger partial charge in [0.15, 0.2) is 0 Å². The van der Waals surface area contributed by atoms with Gasteiger partial charge in [-0.2, -0.15) is 0 Å². The van der Waals surface area contributed by atoms with Crippen LogP contribution in [0, 0.1) is 11.7 Å². The topological polar surface area (TPSA) is 24.5 Å². The Morgan fingerprint density at radius 1 is 1.33 bits per heavy atom. The van der Waals surface area contributed by atoms with Crippen molar-refractivity contribution in [1.82, 2.24) is 10.2 Å². The van der Waals surface area contributed by atoms with E-state index in [-0.39, 0.29) is 5.82 Å². The van der Waals surface area contributed by atoms with Gasteiger partial charge in [0.05, 0.1) is 7.11 Å². The summed E-state index contributed by atoms with van der Waals surface area (Å²) in [6.45, 7) is 4.03. The second-order valence-corrected chi connectivity index (χ2v) is 6.30. The zero-order chi connectivity index (χ0) is 14.7. The van der Waals surface area contributed by atoms with Crippen molar-refractivity contribution in [2.75, 3.05) is 26.7 Å². The second kappa shape index (κ2) is 6.75. The maximum Gasteiger partial charge on any atom is 0.131 e. The monoisotopic (exact) mass is 292 g/mol. The van der Waals surface area contributed by atoms with Crippen molar-refractivity contribution in [3.63, 3.8) is 0 Å². The number of hydrogen-bond acceptors (Lipinski definition) is 3. The minimum Gasteiger partial charge on any atom is -0.497 e. The van der Waals surface area contributed by atoms with Gasteiger partial charge in [0, 0.05) is 30.8 Å². The van der Waals surface area contributed by atoms with Crippen molar-refractivity contribution >= 4 is 0 Å². The van der Waals surface area contributed by atoms with Crippen LogP contribution in [0.5, 0.6) is 5.75 Å². The van der Waals surface area contributed by atoms with E-state index in [1.807, 2.05) is 12.1 Å². The summed E-state index contributed by atoms with van der Waals surface area (Å²) >= 11 is 0. The van der Waals surface area contributed by atoms with Crippen LogP contribution in [0.15, 0.2) is 18.2 Å². The molecule has 3 nitrogen and oxygen atoms in total. The standard InChI is InChI=1S/C17H25FN2O/c1-21-15-7-6-13(16(18)10-15)11-20-9-3-4-14(12-20)17-5-2-8-19-17/h6-7,10,14,17,19H,2-5,8-9,11-12H2,1H3. The molecule has 1 N–H and O–H groups in total. The largest absolute Gasteiger partial charge is 0.497 e. The second-order valence-electron chi connectivity index (χ2n) is 6.30. The third-order valence-electron chi connectivity index (χ3n) is 4.86. The van der Waals surface area contributed by atoms with Gasteiger partial charge in [-0.15, -0.1) is 0 Å². The van der Waals surface area contributed by atoms with Crippen LogP contribution >= 0.6 is 0 Å². The Morgan fingerprint density at radius 3 is 2.95 bits per heavy atom. The highest BCUT2D eigenvalue weighted by Gasteiger charge is 2.29. The SMILES string of the molecule is COc1ccc(CN2CCCC(C3CCCN3)C2)c(F)c1. The van der Waals surface area contributed by atoms with Gasteiger partial charge in [0.1, 0.15) is 11.6 Å². The number of halogens is 1. The number of ether oxygens (including phenoxy) is 1. The first-order chi connectivity index (χ1) is 10.3. The molecule has 0 aliphatic carbocycles. The molecule has 4 heteroatoms. The average Bonchev–Trinajstić information content (AvgIpc) is 3.04. The highest BCUT2D eigenvalue weighted by Crippen LogP contribution is 2.26. The lowest BCUT2D eigenvalue weighted by Gasteiger charge is -2.35. The first kappa shape index (κ1) is 14.8. The van der Waals surface area contributed by atoms with E-state index < -0.39 is 0 Å². The Bertz CT molecular complexity index is 474. The maximum atomic E-state index is 14.1. The van der Waals surface area contributed by atoms with E-state index in [0.29, 0.717) is 18.3 Å². The molecule has 1 aromatic rings. The highest BCUT2D eigenvalue weighted by molar-refractivity contribution is 5.28. The van der Waals surface area contributed by atoms with E-state index in [9.17, 15) is 4.39 Å². The van der Waals surface area contributed by atoms with Crippen LogP contribution in [0.3, 0.4) is 0 Å². The number of nitrogens with one attached hydrogen (secondary N) is 1. The molecular formula is C17H25FN2O. The molecule has 0 spiro atoms. The molecule has 2 unspecified atom stereocenters. The van der Waals surface area contributed by atoms with Crippen LogP contribution in [-0.4, -0.2) is 37.7 Å². The molecule has 2 fully saturated rings. The minimum atomic E-state index is -0.157. The van der Waals surface area contributed by atoms with Crippen LogP contribution in [0.2, 0.25) is 0 Å². The molecule has 0 amide bonds. The predicted octanol–water partition coefficient (Wildman–Crippen LogP) is 2.80. The van der Waals surface area contributed by atoms with Gasteiger partial charge in [-0.05, 0) is 50.8 Å². The summed E-state index contributed by atoms with van der Waals surface area (Å²) in [5.74, 6) is 1.15. The molecule has 3 rings (SSSR count). The maximum absolute atomic E-state index is 14.1. The Labute approximate surface area is 126 Å². The van der Waals surface area contributed by atoms with Gasteiger partial charge in [-0.25, -0.2) is 4.39 Å². The molecule has 0 aromatic heterocycles. The number of methoxy groups -OCH3 is 1. The first-order valence-corrected chi connectivity index (χ1v) is 8.04. The number of piperidine rings is 1. The quantitative estimate of drug-likeness (QED) is 0.923. The first-order valence-electron chi connectivity index (χ1n) is 8.04. The normalized spacial score (nSPS) is 27.0. The third kappa shape index (κ3) is 3.55. The van der Waals surface area contributed by atoms with Crippen LogP contribution in [0.1, 0.15) is 31.2 Å². The number of hydrogen-bond donors (Lipinski definition) is 1. The van der Waals surface area contributed by atoms with E-state index in [4.69, 9.17) is 4.74 Å². The van der Waals surface area contributed by atoms with Gasteiger partial charge in [-0.1, -0.05) is 6.07 Å². The Morgan fingerprint density at radius 2 is 2.24 bits per heavy atom. The average molecular weight is 292 g/mol. The van der Waals surface area contributed by atoms with Crippen molar-refractivity contribution < 1.29 is 9.13 Å². The number of nitrogens with zero attached hydrogens (tertiary/aromatic N) is 1. The zero-order valence-electron chi connectivity index (χ0n) is 12.8. The summed E-state index contributed by atoms with van der Waals surface area (Å²) < 4.78 is 19.1.